The summed E-state index contributed by atoms with van der Waals surface area (Å²) in [5.41, 5.74) is 4.26. The summed E-state index contributed by atoms with van der Waals surface area (Å²) < 4.78 is 11.0. The number of H-pyrrole nitrogens is 1. The Labute approximate surface area is 250 Å². The molecule has 0 aliphatic rings. The first-order chi connectivity index (χ1) is 21.0. The van der Waals surface area contributed by atoms with Gasteiger partial charge in [0.2, 0.25) is 5.91 Å². The fraction of sp³-hybridized carbons (Fsp3) is 0.171. The first-order valence-corrected chi connectivity index (χ1v) is 14.1. The molecule has 0 spiro atoms. The summed E-state index contributed by atoms with van der Waals surface area (Å²) in [6.07, 6.45) is 1.47. The topological polar surface area (TPSA) is 110 Å². The third-order valence-electron chi connectivity index (χ3n) is 7.03. The number of fused-ring (bicyclic) bond motifs is 1. The van der Waals surface area contributed by atoms with Gasteiger partial charge >= 0.3 is 12.1 Å². The van der Waals surface area contributed by atoms with Gasteiger partial charge in [0, 0.05) is 29.9 Å². The standard InChI is InChI=1S/C35H33N3O5/c39-33(37-32(20-25-12-4-1-5-13-25)34(40)42-23-26-14-6-2-7-15-26)31(21-28-22-36-30-19-11-10-18-29(28)30)38-35(41)43-24-27-16-8-3-9-17-27/h1-19,22,31-32,36H,20-21,23-24H2,(H,37,39)(H,38,41). The Bertz CT molecular complexity index is 1640. The van der Waals surface area contributed by atoms with Gasteiger partial charge in [0.05, 0.1) is 0 Å². The molecule has 0 saturated heterocycles. The second-order valence-corrected chi connectivity index (χ2v) is 10.2. The van der Waals surface area contributed by atoms with Crippen LogP contribution in [0.5, 0.6) is 0 Å². The van der Waals surface area contributed by atoms with Crippen molar-refractivity contribution in [3.05, 3.63) is 144 Å². The highest BCUT2D eigenvalue weighted by atomic mass is 16.5. The molecule has 0 fully saturated rings. The van der Waals surface area contributed by atoms with E-state index in [0.717, 1.165) is 33.2 Å². The lowest BCUT2D eigenvalue weighted by Crippen LogP contribution is -2.53. The maximum absolute atomic E-state index is 13.8. The Kier molecular flexibility index (Phi) is 9.82. The zero-order chi connectivity index (χ0) is 29.9. The van der Waals surface area contributed by atoms with E-state index in [9.17, 15) is 14.4 Å². The second kappa shape index (κ2) is 14.5. The average molecular weight is 576 g/mol. The van der Waals surface area contributed by atoms with Gasteiger partial charge < -0.3 is 25.1 Å². The Balaban J connectivity index is 1.33. The summed E-state index contributed by atoms with van der Waals surface area (Å²) in [5.74, 6) is -1.10. The van der Waals surface area contributed by atoms with E-state index in [1.54, 1.807) is 0 Å². The molecule has 0 aliphatic heterocycles. The Morgan fingerprint density at radius 1 is 0.605 bits per heavy atom. The van der Waals surface area contributed by atoms with Crippen LogP contribution >= 0.6 is 0 Å². The molecule has 2 amide bonds. The van der Waals surface area contributed by atoms with E-state index < -0.39 is 30.1 Å². The predicted octanol–water partition coefficient (Wildman–Crippen LogP) is 5.48. The number of carbonyl (C=O) groups is 3. The molecule has 0 radical (unpaired) electrons. The number of benzene rings is 4. The monoisotopic (exact) mass is 575 g/mol. The largest absolute Gasteiger partial charge is 0.459 e. The van der Waals surface area contributed by atoms with Gasteiger partial charge in [0.1, 0.15) is 25.3 Å². The normalized spacial score (nSPS) is 12.2. The van der Waals surface area contributed by atoms with Crippen molar-refractivity contribution in [3.63, 3.8) is 0 Å². The molecule has 1 heterocycles. The minimum absolute atomic E-state index is 0.0521. The summed E-state index contributed by atoms with van der Waals surface area (Å²) in [6.45, 7) is 0.125. The van der Waals surface area contributed by atoms with Crippen LogP contribution in [0.4, 0.5) is 4.79 Å². The number of amides is 2. The molecular weight excluding hydrogens is 542 g/mol. The number of ether oxygens (including phenoxy) is 2. The third kappa shape index (κ3) is 8.33. The van der Waals surface area contributed by atoms with Gasteiger partial charge in [-0.3, -0.25) is 4.79 Å². The first-order valence-electron chi connectivity index (χ1n) is 14.1. The van der Waals surface area contributed by atoms with Crippen LogP contribution < -0.4 is 10.6 Å². The summed E-state index contributed by atoms with van der Waals surface area (Å²) in [4.78, 5) is 43.2. The first kappa shape index (κ1) is 29.1. The Hall–Kier alpha value is -5.37. The van der Waals surface area contributed by atoms with E-state index in [1.807, 2.05) is 121 Å². The van der Waals surface area contributed by atoms with Gasteiger partial charge in [-0.25, -0.2) is 9.59 Å². The number of esters is 1. The van der Waals surface area contributed by atoms with Gasteiger partial charge in [0.15, 0.2) is 0 Å². The molecule has 0 saturated carbocycles. The van der Waals surface area contributed by atoms with E-state index in [-0.39, 0.29) is 26.1 Å². The minimum atomic E-state index is -1.03. The molecule has 4 aromatic carbocycles. The molecule has 5 rings (SSSR count). The highest BCUT2D eigenvalue weighted by Crippen LogP contribution is 2.19. The summed E-state index contributed by atoms with van der Waals surface area (Å²) in [5, 5.41) is 6.50. The van der Waals surface area contributed by atoms with E-state index in [1.165, 1.54) is 0 Å². The van der Waals surface area contributed by atoms with Crippen LogP contribution in [0.15, 0.2) is 121 Å². The molecule has 0 aliphatic carbocycles. The third-order valence-corrected chi connectivity index (χ3v) is 7.03. The molecule has 8 nitrogen and oxygen atoms in total. The molecule has 0 bridgehead atoms. The van der Waals surface area contributed by atoms with E-state index in [4.69, 9.17) is 9.47 Å². The number of rotatable bonds is 12. The SMILES string of the molecule is O=C(NC(Cc1c[nH]c2ccccc12)C(=O)NC(Cc1ccccc1)C(=O)OCc1ccccc1)OCc1ccccc1. The summed E-state index contributed by atoms with van der Waals surface area (Å²) >= 11 is 0. The zero-order valence-electron chi connectivity index (χ0n) is 23.6. The van der Waals surface area contributed by atoms with Crippen LogP contribution in [0.2, 0.25) is 0 Å². The van der Waals surface area contributed by atoms with Crippen molar-refractivity contribution in [1.29, 1.82) is 0 Å². The summed E-state index contributed by atoms with van der Waals surface area (Å²) in [7, 11) is 0. The van der Waals surface area contributed by atoms with Gasteiger partial charge in [-0.05, 0) is 28.3 Å². The van der Waals surface area contributed by atoms with Crippen molar-refractivity contribution >= 4 is 28.9 Å². The van der Waals surface area contributed by atoms with Crippen molar-refractivity contribution in [2.45, 2.75) is 38.1 Å². The summed E-state index contributed by atoms with van der Waals surface area (Å²) in [6, 6.07) is 33.7. The Morgan fingerprint density at radius 2 is 1.16 bits per heavy atom. The van der Waals surface area contributed by atoms with Crippen LogP contribution in [0.1, 0.15) is 22.3 Å². The number of alkyl carbamates (subject to hydrolysis) is 1. The zero-order valence-corrected chi connectivity index (χ0v) is 23.6. The number of carbonyl (C=O) groups excluding carboxylic acids is 3. The van der Waals surface area contributed by atoms with Crippen LogP contribution in [0, 0.1) is 0 Å². The van der Waals surface area contributed by atoms with Gasteiger partial charge in [0.25, 0.3) is 0 Å². The Morgan fingerprint density at radius 3 is 1.81 bits per heavy atom. The number of hydrogen-bond donors (Lipinski definition) is 3. The number of aromatic nitrogens is 1. The number of para-hydroxylation sites is 1. The molecule has 218 valence electrons. The van der Waals surface area contributed by atoms with Crippen molar-refractivity contribution in [3.8, 4) is 0 Å². The quantitative estimate of drug-likeness (QED) is 0.171. The number of hydrogen-bond acceptors (Lipinski definition) is 5. The van der Waals surface area contributed by atoms with E-state index >= 15 is 0 Å². The van der Waals surface area contributed by atoms with E-state index in [2.05, 4.69) is 15.6 Å². The molecule has 2 unspecified atom stereocenters. The smallest absolute Gasteiger partial charge is 0.408 e. The fourth-order valence-corrected chi connectivity index (χ4v) is 4.78. The van der Waals surface area contributed by atoms with Crippen LogP contribution in [0.3, 0.4) is 0 Å². The molecular formula is C35H33N3O5. The number of nitrogens with one attached hydrogen (secondary N) is 3. The van der Waals surface area contributed by atoms with Crippen molar-refractivity contribution in [2.24, 2.45) is 0 Å². The molecule has 43 heavy (non-hydrogen) atoms. The van der Waals surface area contributed by atoms with Gasteiger partial charge in [-0.1, -0.05) is 109 Å². The molecule has 3 N–H and O–H groups in total. The van der Waals surface area contributed by atoms with Crippen LogP contribution in [0.25, 0.3) is 10.9 Å². The lowest BCUT2D eigenvalue weighted by molar-refractivity contribution is -0.149. The maximum atomic E-state index is 13.8. The molecule has 2 atom stereocenters. The predicted molar refractivity (Wildman–Crippen MR) is 164 cm³/mol. The second-order valence-electron chi connectivity index (χ2n) is 10.2. The molecule has 8 heteroatoms. The van der Waals surface area contributed by atoms with E-state index in [0.29, 0.717) is 0 Å². The fourth-order valence-electron chi connectivity index (χ4n) is 4.78. The lowest BCUT2D eigenvalue weighted by atomic mass is 10.0. The molecule has 5 aromatic rings. The molecule has 1 aromatic heterocycles. The van der Waals surface area contributed by atoms with Crippen LogP contribution in [-0.4, -0.2) is 35.0 Å². The highest BCUT2D eigenvalue weighted by Gasteiger charge is 2.29. The van der Waals surface area contributed by atoms with Crippen LogP contribution in [-0.2, 0) is 45.1 Å². The van der Waals surface area contributed by atoms with Gasteiger partial charge in [-0.15, -0.1) is 0 Å². The van der Waals surface area contributed by atoms with Crippen molar-refractivity contribution < 1.29 is 23.9 Å². The van der Waals surface area contributed by atoms with Crippen molar-refractivity contribution in [1.82, 2.24) is 15.6 Å². The van der Waals surface area contributed by atoms with Crippen molar-refractivity contribution in [2.75, 3.05) is 0 Å². The number of aromatic amines is 1. The minimum Gasteiger partial charge on any atom is -0.459 e. The van der Waals surface area contributed by atoms with Gasteiger partial charge in [-0.2, -0.15) is 0 Å². The lowest BCUT2D eigenvalue weighted by Gasteiger charge is -2.23. The maximum Gasteiger partial charge on any atom is 0.408 e. The highest BCUT2D eigenvalue weighted by molar-refractivity contribution is 5.91. The average Bonchev–Trinajstić information content (AvgIpc) is 3.46.